The van der Waals surface area contributed by atoms with E-state index in [1.165, 1.54) is 24.9 Å². The van der Waals surface area contributed by atoms with Gasteiger partial charge in [0.15, 0.2) is 0 Å². The maximum Gasteiger partial charge on any atom is 0.237 e. The van der Waals surface area contributed by atoms with Crippen LogP contribution in [0.3, 0.4) is 0 Å². The Bertz CT molecular complexity index is 599. The summed E-state index contributed by atoms with van der Waals surface area (Å²) >= 11 is 0. The normalized spacial score (nSPS) is 25.6. The molecule has 0 aromatic heterocycles. The zero-order valence-electron chi connectivity index (χ0n) is 16.4. The number of rotatable bonds is 5. The van der Waals surface area contributed by atoms with Crippen LogP contribution in [0.25, 0.3) is 0 Å². The van der Waals surface area contributed by atoms with Crippen molar-refractivity contribution >= 4 is 11.6 Å². The highest BCUT2D eigenvalue weighted by Gasteiger charge is 2.29. The van der Waals surface area contributed by atoms with Crippen molar-refractivity contribution in [2.45, 2.75) is 51.6 Å². The number of amides is 1. The van der Waals surface area contributed by atoms with Crippen LogP contribution in [0.2, 0.25) is 0 Å². The van der Waals surface area contributed by atoms with Crippen LogP contribution in [-0.4, -0.2) is 56.2 Å². The molecule has 26 heavy (non-hydrogen) atoms. The lowest BCUT2D eigenvalue weighted by Gasteiger charge is -2.39. The summed E-state index contributed by atoms with van der Waals surface area (Å²) in [7, 11) is 1.70. The molecule has 1 aromatic rings. The number of nitrogens with one attached hydrogen (secondary N) is 1. The molecular weight excluding hydrogens is 326 g/mol. The third-order valence-electron chi connectivity index (χ3n) is 6.10. The van der Waals surface area contributed by atoms with E-state index in [-0.39, 0.29) is 11.9 Å². The van der Waals surface area contributed by atoms with E-state index in [1.807, 2.05) is 19.1 Å². The highest BCUT2D eigenvalue weighted by atomic mass is 16.5. The fraction of sp³-hybridized carbons (Fsp3) is 0.667. The molecule has 1 amide bonds. The molecule has 0 spiro atoms. The van der Waals surface area contributed by atoms with Crippen molar-refractivity contribution < 1.29 is 9.53 Å². The van der Waals surface area contributed by atoms with Gasteiger partial charge in [0.2, 0.25) is 5.91 Å². The van der Waals surface area contributed by atoms with Gasteiger partial charge in [-0.05, 0) is 37.8 Å². The Hall–Kier alpha value is -1.75. The number of nitrogens with zero attached hydrogens (tertiary/aromatic N) is 2. The van der Waals surface area contributed by atoms with Crippen molar-refractivity contribution in [3.63, 3.8) is 0 Å². The second-order valence-electron chi connectivity index (χ2n) is 7.78. The van der Waals surface area contributed by atoms with Crippen LogP contribution in [0.1, 0.15) is 39.5 Å². The van der Waals surface area contributed by atoms with Gasteiger partial charge in [-0.3, -0.25) is 9.69 Å². The number of piperazine rings is 1. The number of carbonyl (C=O) groups is 1. The summed E-state index contributed by atoms with van der Waals surface area (Å²) in [4.78, 5) is 17.4. The minimum Gasteiger partial charge on any atom is -0.497 e. The molecule has 3 unspecified atom stereocenters. The van der Waals surface area contributed by atoms with Crippen LogP contribution in [0.4, 0.5) is 5.69 Å². The Morgan fingerprint density at radius 1 is 1.19 bits per heavy atom. The predicted molar refractivity (Wildman–Crippen MR) is 106 cm³/mol. The van der Waals surface area contributed by atoms with Gasteiger partial charge in [-0.25, -0.2) is 0 Å². The van der Waals surface area contributed by atoms with Gasteiger partial charge in [-0.1, -0.05) is 25.8 Å². The van der Waals surface area contributed by atoms with E-state index in [0.717, 1.165) is 38.3 Å². The van der Waals surface area contributed by atoms with Crippen molar-refractivity contribution in [2.24, 2.45) is 5.92 Å². The lowest BCUT2D eigenvalue weighted by molar-refractivity contribution is -0.127. The lowest BCUT2D eigenvalue weighted by Crippen LogP contribution is -2.55. The number of hydrogen-bond acceptors (Lipinski definition) is 4. The molecule has 5 nitrogen and oxygen atoms in total. The molecule has 3 rings (SSSR count). The number of benzene rings is 1. The van der Waals surface area contributed by atoms with Crippen molar-refractivity contribution in [1.29, 1.82) is 0 Å². The maximum atomic E-state index is 12.7. The van der Waals surface area contributed by atoms with Crippen molar-refractivity contribution in [1.82, 2.24) is 10.2 Å². The molecule has 1 aliphatic heterocycles. The van der Waals surface area contributed by atoms with Gasteiger partial charge in [-0.2, -0.15) is 0 Å². The summed E-state index contributed by atoms with van der Waals surface area (Å²) in [5.74, 6) is 1.68. The minimum atomic E-state index is -0.0587. The largest absolute Gasteiger partial charge is 0.497 e. The second kappa shape index (κ2) is 8.76. The summed E-state index contributed by atoms with van der Waals surface area (Å²) in [6.07, 6.45) is 4.90. The number of ether oxygens (including phenoxy) is 1. The molecule has 1 saturated heterocycles. The molecule has 2 fully saturated rings. The Morgan fingerprint density at radius 3 is 2.62 bits per heavy atom. The van der Waals surface area contributed by atoms with Gasteiger partial charge in [0, 0.05) is 44.0 Å². The van der Waals surface area contributed by atoms with Crippen LogP contribution in [0, 0.1) is 5.92 Å². The zero-order chi connectivity index (χ0) is 18.5. The third-order valence-corrected chi connectivity index (χ3v) is 6.10. The molecular formula is C21H33N3O2. The molecule has 1 aliphatic carbocycles. The Morgan fingerprint density at radius 2 is 1.92 bits per heavy atom. The first kappa shape index (κ1) is 19.0. The molecule has 1 saturated carbocycles. The van der Waals surface area contributed by atoms with E-state index in [2.05, 4.69) is 34.2 Å². The average Bonchev–Trinajstić information content (AvgIpc) is 2.69. The van der Waals surface area contributed by atoms with Crippen LogP contribution >= 0.6 is 0 Å². The molecule has 1 aromatic carbocycles. The maximum absolute atomic E-state index is 12.7. The third kappa shape index (κ3) is 4.50. The molecule has 0 radical (unpaired) electrons. The quantitative estimate of drug-likeness (QED) is 0.878. The number of anilines is 1. The Labute approximate surface area is 157 Å². The summed E-state index contributed by atoms with van der Waals surface area (Å²) in [5.41, 5.74) is 1.19. The van der Waals surface area contributed by atoms with E-state index < -0.39 is 0 Å². The topological polar surface area (TPSA) is 44.8 Å². The first-order valence-corrected chi connectivity index (χ1v) is 10.0. The highest BCUT2D eigenvalue weighted by molar-refractivity contribution is 5.81. The number of methoxy groups -OCH3 is 1. The monoisotopic (exact) mass is 359 g/mol. The fourth-order valence-electron chi connectivity index (χ4n) is 4.17. The average molecular weight is 360 g/mol. The SMILES string of the molecule is COc1cccc(N2CCN(C(C)C(=O)NC3CCCCC3C)CC2)c1. The number of hydrogen-bond donors (Lipinski definition) is 1. The molecule has 144 valence electrons. The smallest absolute Gasteiger partial charge is 0.237 e. The first-order valence-electron chi connectivity index (χ1n) is 10.0. The standard InChI is InChI=1S/C21H33N3O2/c1-16-7-4-5-10-20(16)22-21(25)17(2)23-11-13-24(14-12-23)18-8-6-9-19(15-18)26-3/h6,8-9,15-17,20H,4-5,7,10-14H2,1-3H3,(H,22,25). The summed E-state index contributed by atoms with van der Waals surface area (Å²) in [6, 6.07) is 8.50. The minimum absolute atomic E-state index is 0.0587. The highest BCUT2D eigenvalue weighted by Crippen LogP contribution is 2.25. The van der Waals surface area contributed by atoms with Crippen LogP contribution < -0.4 is 15.0 Å². The first-order chi connectivity index (χ1) is 12.6. The van der Waals surface area contributed by atoms with E-state index in [0.29, 0.717) is 12.0 Å². The predicted octanol–water partition coefficient (Wildman–Crippen LogP) is 2.90. The van der Waals surface area contributed by atoms with Crippen molar-refractivity contribution in [3.05, 3.63) is 24.3 Å². The van der Waals surface area contributed by atoms with E-state index in [9.17, 15) is 4.79 Å². The molecule has 1 heterocycles. The number of carbonyl (C=O) groups excluding carboxylic acids is 1. The van der Waals surface area contributed by atoms with Crippen LogP contribution in [0.15, 0.2) is 24.3 Å². The Kier molecular flexibility index (Phi) is 6.41. The van der Waals surface area contributed by atoms with Crippen molar-refractivity contribution in [3.8, 4) is 5.75 Å². The summed E-state index contributed by atoms with van der Waals surface area (Å²) < 4.78 is 5.33. The Balaban J connectivity index is 1.51. The molecule has 0 bridgehead atoms. The molecule has 1 N–H and O–H groups in total. The van der Waals surface area contributed by atoms with Gasteiger partial charge in [0.1, 0.15) is 5.75 Å². The van der Waals surface area contributed by atoms with Gasteiger partial charge in [0.05, 0.1) is 13.2 Å². The fourth-order valence-corrected chi connectivity index (χ4v) is 4.17. The summed E-state index contributed by atoms with van der Waals surface area (Å²) in [5, 5.41) is 3.31. The van der Waals surface area contributed by atoms with E-state index >= 15 is 0 Å². The van der Waals surface area contributed by atoms with Crippen LogP contribution in [-0.2, 0) is 4.79 Å². The molecule has 2 aliphatic rings. The zero-order valence-corrected chi connectivity index (χ0v) is 16.4. The second-order valence-corrected chi connectivity index (χ2v) is 7.78. The van der Waals surface area contributed by atoms with Gasteiger partial charge in [-0.15, -0.1) is 0 Å². The van der Waals surface area contributed by atoms with E-state index in [1.54, 1.807) is 7.11 Å². The molecule has 3 atom stereocenters. The van der Waals surface area contributed by atoms with Gasteiger partial charge < -0.3 is 15.0 Å². The summed E-state index contributed by atoms with van der Waals surface area (Å²) in [6.45, 7) is 8.00. The lowest BCUT2D eigenvalue weighted by atomic mass is 9.86. The molecule has 5 heteroatoms. The van der Waals surface area contributed by atoms with Crippen molar-refractivity contribution in [2.75, 3.05) is 38.2 Å². The van der Waals surface area contributed by atoms with E-state index in [4.69, 9.17) is 4.74 Å². The van der Waals surface area contributed by atoms with Gasteiger partial charge in [0.25, 0.3) is 0 Å². The van der Waals surface area contributed by atoms with Crippen LogP contribution in [0.5, 0.6) is 5.75 Å². The van der Waals surface area contributed by atoms with Gasteiger partial charge >= 0.3 is 0 Å².